The van der Waals surface area contributed by atoms with E-state index in [1.807, 2.05) is 36.4 Å². The van der Waals surface area contributed by atoms with Crippen molar-refractivity contribution < 1.29 is 9.90 Å². The molecule has 0 unspecified atom stereocenters. The van der Waals surface area contributed by atoms with Gasteiger partial charge in [0.15, 0.2) is 0 Å². The summed E-state index contributed by atoms with van der Waals surface area (Å²) < 4.78 is 0. The van der Waals surface area contributed by atoms with Gasteiger partial charge < -0.3 is 9.90 Å². The minimum Gasteiger partial charge on any atom is -0.545 e. The molecule has 0 radical (unpaired) electrons. The largest absolute Gasteiger partial charge is 0.545 e. The Balaban J connectivity index is 2.02. The van der Waals surface area contributed by atoms with Gasteiger partial charge in [-0.1, -0.05) is 18.2 Å². The second-order valence-electron chi connectivity index (χ2n) is 5.34. The van der Waals surface area contributed by atoms with Gasteiger partial charge >= 0.3 is 0 Å². The number of carboxylic acid groups (broad SMARTS) is 1. The molecule has 3 heterocycles. The molecule has 0 aliphatic heterocycles. The van der Waals surface area contributed by atoms with Crippen LogP contribution in [0.15, 0.2) is 67.0 Å². The predicted molar refractivity (Wildman–Crippen MR) is 90.3 cm³/mol. The Labute approximate surface area is 142 Å². The van der Waals surface area contributed by atoms with Crippen molar-refractivity contribution >= 4 is 17.0 Å². The lowest BCUT2D eigenvalue weighted by molar-refractivity contribution is -0.255. The molecule has 0 aliphatic rings. The highest BCUT2D eigenvalue weighted by Crippen LogP contribution is 2.28. The van der Waals surface area contributed by atoms with Gasteiger partial charge in [-0.3, -0.25) is 9.97 Å². The summed E-state index contributed by atoms with van der Waals surface area (Å²) in [5.41, 5.74) is 3.53. The first kappa shape index (κ1) is 14.9. The molecule has 6 nitrogen and oxygen atoms in total. The van der Waals surface area contributed by atoms with E-state index in [2.05, 4.69) is 19.9 Å². The van der Waals surface area contributed by atoms with Crippen molar-refractivity contribution in [1.29, 1.82) is 0 Å². The molecule has 25 heavy (non-hydrogen) atoms. The Morgan fingerprint density at radius 1 is 0.760 bits per heavy atom. The molecule has 1 aromatic carbocycles. The number of aromatic nitrogens is 4. The summed E-state index contributed by atoms with van der Waals surface area (Å²) in [4.78, 5) is 29.1. The summed E-state index contributed by atoms with van der Waals surface area (Å²) in [7, 11) is 0. The van der Waals surface area contributed by atoms with Gasteiger partial charge in [-0.25, -0.2) is 9.97 Å². The molecule has 4 rings (SSSR count). The van der Waals surface area contributed by atoms with Gasteiger partial charge in [-0.15, -0.1) is 0 Å². The van der Waals surface area contributed by atoms with Crippen molar-refractivity contribution in [2.75, 3.05) is 0 Å². The van der Waals surface area contributed by atoms with Gasteiger partial charge in [-0.05, 0) is 42.0 Å². The van der Waals surface area contributed by atoms with Crippen LogP contribution in [0.25, 0.3) is 33.8 Å². The molecule has 6 heteroatoms. The normalized spacial score (nSPS) is 10.7. The minimum atomic E-state index is -1.25. The Bertz CT molecular complexity index is 1070. The standard InChI is InChI=1S/C19H12N4O2/c24-19(25)12-7-8-13-16(11-12)23-18(15-6-2-4-10-21-15)17(22-13)14-5-1-3-9-20-14/h1-11H,(H,24,25)/p-1. The van der Waals surface area contributed by atoms with Crippen LogP contribution in [-0.4, -0.2) is 25.9 Å². The van der Waals surface area contributed by atoms with Crippen molar-refractivity contribution in [2.24, 2.45) is 0 Å². The zero-order valence-electron chi connectivity index (χ0n) is 13.0. The number of carbonyl (C=O) groups is 1. The molecule has 0 amide bonds. The third kappa shape index (κ3) is 2.81. The molecule has 0 bridgehead atoms. The maximum atomic E-state index is 11.1. The highest BCUT2D eigenvalue weighted by molar-refractivity contribution is 5.92. The number of benzene rings is 1. The van der Waals surface area contributed by atoms with Gasteiger partial charge in [0.2, 0.25) is 0 Å². The Hall–Kier alpha value is -3.67. The maximum absolute atomic E-state index is 11.1. The van der Waals surface area contributed by atoms with E-state index in [9.17, 15) is 9.90 Å². The number of hydrogen-bond acceptors (Lipinski definition) is 6. The van der Waals surface area contributed by atoms with Gasteiger partial charge in [0, 0.05) is 12.4 Å². The van der Waals surface area contributed by atoms with E-state index in [1.165, 1.54) is 12.1 Å². The van der Waals surface area contributed by atoms with Crippen LogP contribution in [0.1, 0.15) is 10.4 Å². The summed E-state index contributed by atoms with van der Waals surface area (Å²) in [6, 6.07) is 15.5. The molecule has 0 aliphatic carbocycles. The van der Waals surface area contributed by atoms with Crippen LogP contribution in [0.5, 0.6) is 0 Å². The molecule has 0 saturated heterocycles. The third-order valence-corrected chi connectivity index (χ3v) is 3.71. The third-order valence-electron chi connectivity index (χ3n) is 3.71. The molecule has 0 saturated carbocycles. The van der Waals surface area contributed by atoms with Crippen LogP contribution in [-0.2, 0) is 0 Å². The maximum Gasteiger partial charge on any atom is 0.117 e. The zero-order valence-corrected chi connectivity index (χ0v) is 13.0. The number of fused-ring (bicyclic) bond motifs is 1. The quantitative estimate of drug-likeness (QED) is 0.572. The van der Waals surface area contributed by atoms with Crippen molar-refractivity contribution in [3.05, 3.63) is 72.6 Å². The lowest BCUT2D eigenvalue weighted by Gasteiger charge is -2.10. The second kappa shape index (κ2) is 6.09. The van der Waals surface area contributed by atoms with E-state index in [1.54, 1.807) is 18.5 Å². The van der Waals surface area contributed by atoms with Crippen molar-refractivity contribution in [3.8, 4) is 22.8 Å². The topological polar surface area (TPSA) is 91.7 Å². The number of pyridine rings is 2. The van der Waals surface area contributed by atoms with Gasteiger partial charge in [-0.2, -0.15) is 0 Å². The van der Waals surface area contributed by atoms with E-state index < -0.39 is 5.97 Å². The smallest absolute Gasteiger partial charge is 0.117 e. The van der Waals surface area contributed by atoms with Crippen LogP contribution in [0, 0.1) is 0 Å². The fourth-order valence-corrected chi connectivity index (χ4v) is 2.54. The Morgan fingerprint density at radius 3 is 1.88 bits per heavy atom. The van der Waals surface area contributed by atoms with E-state index >= 15 is 0 Å². The molecule has 0 N–H and O–H groups in total. The van der Waals surface area contributed by atoms with E-state index in [0.717, 1.165) is 0 Å². The molecule has 4 aromatic rings. The van der Waals surface area contributed by atoms with E-state index in [4.69, 9.17) is 0 Å². The number of carboxylic acids is 1. The Kier molecular flexibility index (Phi) is 3.63. The number of hydrogen-bond donors (Lipinski definition) is 0. The summed E-state index contributed by atoms with van der Waals surface area (Å²) in [6.07, 6.45) is 3.35. The molecular weight excluding hydrogens is 316 g/mol. The fourth-order valence-electron chi connectivity index (χ4n) is 2.54. The fraction of sp³-hybridized carbons (Fsp3) is 0. The van der Waals surface area contributed by atoms with Crippen LogP contribution in [0.2, 0.25) is 0 Å². The lowest BCUT2D eigenvalue weighted by Crippen LogP contribution is -2.22. The average molecular weight is 327 g/mol. The highest BCUT2D eigenvalue weighted by atomic mass is 16.4. The second-order valence-corrected chi connectivity index (χ2v) is 5.34. The zero-order chi connectivity index (χ0) is 17.2. The molecule has 0 fully saturated rings. The monoisotopic (exact) mass is 327 g/mol. The summed E-state index contributed by atoms with van der Waals surface area (Å²) in [5.74, 6) is -1.25. The molecule has 0 spiro atoms. The van der Waals surface area contributed by atoms with Gasteiger partial charge in [0.1, 0.15) is 11.4 Å². The number of carbonyl (C=O) groups excluding carboxylic acids is 1. The molecule has 120 valence electrons. The van der Waals surface area contributed by atoms with Crippen molar-refractivity contribution in [1.82, 2.24) is 19.9 Å². The van der Waals surface area contributed by atoms with Crippen LogP contribution < -0.4 is 5.11 Å². The number of rotatable bonds is 3. The molecular formula is C19H11N4O2-. The summed E-state index contributed by atoms with van der Waals surface area (Å²) in [6.45, 7) is 0. The SMILES string of the molecule is O=C([O-])c1ccc2nc(-c3ccccn3)c(-c3ccccn3)nc2c1. The predicted octanol–water partition coefficient (Wildman–Crippen LogP) is 2.12. The van der Waals surface area contributed by atoms with E-state index in [0.29, 0.717) is 33.8 Å². The molecule has 0 atom stereocenters. The first-order valence-corrected chi connectivity index (χ1v) is 7.58. The molecule has 3 aromatic heterocycles. The van der Waals surface area contributed by atoms with Crippen LogP contribution >= 0.6 is 0 Å². The average Bonchev–Trinajstić information content (AvgIpc) is 2.68. The number of aromatic carboxylic acids is 1. The van der Waals surface area contributed by atoms with Crippen LogP contribution in [0.3, 0.4) is 0 Å². The Morgan fingerprint density at radius 2 is 1.36 bits per heavy atom. The minimum absolute atomic E-state index is 0.0550. The summed E-state index contributed by atoms with van der Waals surface area (Å²) in [5, 5.41) is 11.1. The first-order valence-electron chi connectivity index (χ1n) is 7.58. The summed E-state index contributed by atoms with van der Waals surface area (Å²) >= 11 is 0. The lowest BCUT2D eigenvalue weighted by atomic mass is 10.1. The van der Waals surface area contributed by atoms with Crippen molar-refractivity contribution in [2.45, 2.75) is 0 Å². The van der Waals surface area contributed by atoms with Crippen LogP contribution in [0.4, 0.5) is 0 Å². The highest BCUT2D eigenvalue weighted by Gasteiger charge is 2.15. The number of nitrogens with zero attached hydrogens (tertiary/aromatic N) is 4. The first-order chi connectivity index (χ1) is 12.2. The van der Waals surface area contributed by atoms with Gasteiger partial charge in [0.05, 0.1) is 28.4 Å². The van der Waals surface area contributed by atoms with Gasteiger partial charge in [0.25, 0.3) is 0 Å². The van der Waals surface area contributed by atoms with Crippen molar-refractivity contribution in [3.63, 3.8) is 0 Å². The van der Waals surface area contributed by atoms with E-state index in [-0.39, 0.29) is 5.56 Å².